The van der Waals surface area contributed by atoms with E-state index in [9.17, 15) is 4.79 Å². The first kappa shape index (κ1) is 20.1. The third kappa shape index (κ3) is 5.63. The Morgan fingerprint density at radius 3 is 2.33 bits per heavy atom. The highest BCUT2D eigenvalue weighted by atomic mass is 16.2. The van der Waals surface area contributed by atoms with E-state index in [0.29, 0.717) is 13.1 Å². The zero-order valence-corrected chi connectivity index (χ0v) is 15.6. The van der Waals surface area contributed by atoms with Crippen LogP contribution in [-0.2, 0) is 4.79 Å². The fraction of sp³-hybridized carbons (Fsp3) is 0.421. The molecule has 8 heteroatoms. The molecule has 0 radical (unpaired) electrons. The Kier molecular flexibility index (Phi) is 7.48. The van der Waals surface area contributed by atoms with Crippen molar-refractivity contribution in [2.45, 2.75) is 25.8 Å². The quantitative estimate of drug-likeness (QED) is 0.673. The van der Waals surface area contributed by atoms with Crippen molar-refractivity contribution in [3.05, 3.63) is 42.5 Å². The number of benzene rings is 1. The Hall–Kier alpha value is -3.23. The molecule has 1 aromatic heterocycles. The zero-order valence-electron chi connectivity index (χ0n) is 15.6. The predicted octanol–water partition coefficient (Wildman–Crippen LogP) is 1.92. The molecule has 0 fully saturated rings. The van der Waals surface area contributed by atoms with Gasteiger partial charge in [-0.05, 0) is 31.7 Å². The molecule has 1 amide bonds. The normalized spacial score (nSPS) is 11.6. The lowest BCUT2D eigenvalue weighted by Crippen LogP contribution is -2.40. The Balaban J connectivity index is 1.99. The third-order valence-electron chi connectivity index (χ3n) is 4.44. The molecule has 0 spiro atoms. The van der Waals surface area contributed by atoms with Crippen molar-refractivity contribution in [1.82, 2.24) is 24.6 Å². The number of nitrogens with zero attached hydrogens (tertiary/aromatic N) is 7. The minimum atomic E-state index is -0.0749. The molecule has 1 atom stereocenters. The average molecular weight is 365 g/mol. The molecule has 0 aliphatic heterocycles. The van der Waals surface area contributed by atoms with Crippen LogP contribution in [0.2, 0.25) is 0 Å². The van der Waals surface area contributed by atoms with E-state index in [1.807, 2.05) is 55.3 Å². The molecule has 0 aliphatic rings. The first-order chi connectivity index (χ1) is 13.1. The highest BCUT2D eigenvalue weighted by molar-refractivity contribution is 5.78. The van der Waals surface area contributed by atoms with Crippen LogP contribution in [0.4, 0.5) is 0 Å². The number of rotatable bonds is 9. The summed E-state index contributed by atoms with van der Waals surface area (Å²) in [5.41, 5.74) is 2.00. The topological polar surface area (TPSA) is 102 Å². The molecule has 0 bridgehead atoms. The van der Waals surface area contributed by atoms with Crippen molar-refractivity contribution in [3.63, 3.8) is 0 Å². The lowest BCUT2D eigenvalue weighted by atomic mass is 10.1. The van der Waals surface area contributed by atoms with E-state index in [1.165, 1.54) is 6.33 Å². The zero-order chi connectivity index (χ0) is 19.6. The monoisotopic (exact) mass is 365 g/mol. The van der Waals surface area contributed by atoms with Crippen LogP contribution in [0.15, 0.2) is 36.9 Å². The van der Waals surface area contributed by atoms with E-state index in [1.54, 1.807) is 15.9 Å². The molecule has 0 saturated heterocycles. The molecule has 1 aromatic carbocycles. The summed E-state index contributed by atoms with van der Waals surface area (Å²) in [4.78, 5) is 20.0. The maximum Gasteiger partial charge on any atom is 0.236 e. The van der Waals surface area contributed by atoms with Crippen molar-refractivity contribution in [1.29, 1.82) is 10.5 Å². The van der Waals surface area contributed by atoms with Gasteiger partial charge in [0.1, 0.15) is 12.7 Å². The molecule has 1 heterocycles. The van der Waals surface area contributed by atoms with Gasteiger partial charge in [0.05, 0.1) is 37.2 Å². The van der Waals surface area contributed by atoms with Gasteiger partial charge in [-0.3, -0.25) is 9.69 Å². The summed E-state index contributed by atoms with van der Waals surface area (Å²) in [6.07, 6.45) is 3.65. The van der Waals surface area contributed by atoms with E-state index in [2.05, 4.69) is 10.1 Å². The number of hydrogen-bond donors (Lipinski definition) is 0. The van der Waals surface area contributed by atoms with Crippen molar-refractivity contribution in [3.8, 4) is 17.8 Å². The SMILES string of the molecule is CC(c1ccc(-n2cncn2)cc1)N(C)CC(=O)N(CCC#N)CCC#N. The van der Waals surface area contributed by atoms with Crippen molar-refractivity contribution in [2.24, 2.45) is 0 Å². The van der Waals surface area contributed by atoms with E-state index in [4.69, 9.17) is 10.5 Å². The van der Waals surface area contributed by atoms with Crippen LogP contribution in [0.3, 0.4) is 0 Å². The lowest BCUT2D eigenvalue weighted by Gasteiger charge is -2.28. The van der Waals surface area contributed by atoms with Crippen LogP contribution in [0.1, 0.15) is 31.4 Å². The fourth-order valence-electron chi connectivity index (χ4n) is 2.68. The molecule has 140 valence electrons. The maximum absolute atomic E-state index is 12.6. The van der Waals surface area contributed by atoms with Gasteiger partial charge in [0.15, 0.2) is 0 Å². The first-order valence-corrected chi connectivity index (χ1v) is 8.73. The van der Waals surface area contributed by atoms with Crippen LogP contribution < -0.4 is 0 Å². The molecule has 0 N–H and O–H groups in total. The molecule has 8 nitrogen and oxygen atoms in total. The Morgan fingerprint density at radius 2 is 1.81 bits per heavy atom. The number of aromatic nitrogens is 3. The van der Waals surface area contributed by atoms with E-state index >= 15 is 0 Å². The summed E-state index contributed by atoms with van der Waals surface area (Å²) in [6, 6.07) is 12.1. The minimum Gasteiger partial charge on any atom is -0.340 e. The first-order valence-electron chi connectivity index (χ1n) is 8.73. The maximum atomic E-state index is 12.6. The summed E-state index contributed by atoms with van der Waals surface area (Å²) >= 11 is 0. The lowest BCUT2D eigenvalue weighted by molar-refractivity contribution is -0.132. The van der Waals surface area contributed by atoms with Crippen LogP contribution in [-0.4, -0.2) is 57.2 Å². The summed E-state index contributed by atoms with van der Waals surface area (Å²) < 4.78 is 1.68. The van der Waals surface area contributed by atoms with Gasteiger partial charge in [-0.15, -0.1) is 0 Å². The summed E-state index contributed by atoms with van der Waals surface area (Å²) in [7, 11) is 1.89. The van der Waals surface area contributed by atoms with Gasteiger partial charge in [-0.1, -0.05) is 12.1 Å². The van der Waals surface area contributed by atoms with Gasteiger partial charge < -0.3 is 4.90 Å². The predicted molar refractivity (Wildman–Crippen MR) is 99.4 cm³/mol. The fourth-order valence-corrected chi connectivity index (χ4v) is 2.68. The van der Waals surface area contributed by atoms with Crippen molar-refractivity contribution < 1.29 is 4.79 Å². The van der Waals surface area contributed by atoms with Crippen LogP contribution >= 0.6 is 0 Å². The van der Waals surface area contributed by atoms with E-state index < -0.39 is 0 Å². The van der Waals surface area contributed by atoms with Gasteiger partial charge in [0.25, 0.3) is 0 Å². The number of hydrogen-bond acceptors (Lipinski definition) is 6. The highest BCUT2D eigenvalue weighted by Gasteiger charge is 2.19. The summed E-state index contributed by atoms with van der Waals surface area (Å²) in [5.74, 6) is -0.0749. The second kappa shape index (κ2) is 10.0. The van der Waals surface area contributed by atoms with Gasteiger partial charge in [0.2, 0.25) is 5.91 Å². The largest absolute Gasteiger partial charge is 0.340 e. The van der Waals surface area contributed by atoms with Gasteiger partial charge in [0, 0.05) is 19.1 Å². The molecule has 0 aliphatic carbocycles. The molecular weight excluding hydrogens is 342 g/mol. The molecule has 2 rings (SSSR count). The number of carbonyl (C=O) groups is 1. The second-order valence-electron chi connectivity index (χ2n) is 6.22. The summed E-state index contributed by atoms with van der Waals surface area (Å²) in [6.45, 7) is 2.97. The molecule has 1 unspecified atom stereocenters. The highest BCUT2D eigenvalue weighted by Crippen LogP contribution is 2.20. The van der Waals surface area contributed by atoms with E-state index in [-0.39, 0.29) is 31.3 Å². The van der Waals surface area contributed by atoms with Gasteiger partial charge >= 0.3 is 0 Å². The Bertz CT molecular complexity index is 784. The average Bonchev–Trinajstić information content (AvgIpc) is 3.22. The Morgan fingerprint density at radius 1 is 1.19 bits per heavy atom. The number of amides is 1. The molecular formula is C19H23N7O. The van der Waals surface area contributed by atoms with Crippen molar-refractivity contribution in [2.75, 3.05) is 26.7 Å². The van der Waals surface area contributed by atoms with Gasteiger partial charge in [-0.2, -0.15) is 15.6 Å². The van der Waals surface area contributed by atoms with Crippen molar-refractivity contribution >= 4 is 5.91 Å². The standard InChI is InChI=1S/C19H23N7O/c1-16(17-5-7-18(8-6-17)26-15-22-14-23-26)24(2)13-19(27)25(11-3-9-20)12-4-10-21/h5-8,14-16H,3-4,11-13H2,1-2H3. The van der Waals surface area contributed by atoms with Crippen LogP contribution in [0.25, 0.3) is 5.69 Å². The van der Waals surface area contributed by atoms with Gasteiger partial charge in [-0.25, -0.2) is 9.67 Å². The Labute approximate surface area is 159 Å². The minimum absolute atomic E-state index is 0.0348. The number of likely N-dealkylation sites (N-methyl/N-ethyl adjacent to an activating group) is 1. The van der Waals surface area contributed by atoms with E-state index in [0.717, 1.165) is 11.3 Å². The number of carbonyl (C=O) groups excluding carboxylic acids is 1. The van der Waals surface area contributed by atoms with Crippen LogP contribution in [0, 0.1) is 22.7 Å². The molecule has 27 heavy (non-hydrogen) atoms. The van der Waals surface area contributed by atoms with Crippen LogP contribution in [0.5, 0.6) is 0 Å². The molecule has 2 aromatic rings. The number of nitriles is 2. The third-order valence-corrected chi connectivity index (χ3v) is 4.44. The second-order valence-corrected chi connectivity index (χ2v) is 6.22. The molecule has 0 saturated carbocycles. The summed E-state index contributed by atoms with van der Waals surface area (Å²) in [5, 5.41) is 21.6. The smallest absolute Gasteiger partial charge is 0.236 e.